The molecule has 0 heteroatoms. The summed E-state index contributed by atoms with van der Waals surface area (Å²) in [6.07, 6.45) is 21.8. The van der Waals surface area contributed by atoms with Crippen molar-refractivity contribution in [3.8, 4) is 0 Å². The minimum absolute atomic E-state index is 1.18. The zero-order valence-electron chi connectivity index (χ0n) is 11.4. The lowest BCUT2D eigenvalue weighted by Gasteiger charge is -1.81. The molecule has 0 unspecified atom stereocenters. The van der Waals surface area contributed by atoms with Gasteiger partial charge in [0.2, 0.25) is 0 Å². The van der Waals surface area contributed by atoms with Gasteiger partial charge < -0.3 is 0 Å². The SMILES string of the molecule is C/C=C\CC/C=C/C.C/C=C\CC/C=C\C. The van der Waals surface area contributed by atoms with Gasteiger partial charge in [-0.25, -0.2) is 0 Å². The first-order valence-electron chi connectivity index (χ1n) is 6.28. The van der Waals surface area contributed by atoms with Gasteiger partial charge in [0.25, 0.3) is 0 Å². The summed E-state index contributed by atoms with van der Waals surface area (Å²) in [6, 6.07) is 0. The molecule has 92 valence electrons. The Morgan fingerprint density at radius 3 is 0.750 bits per heavy atom. The Labute approximate surface area is 102 Å². The van der Waals surface area contributed by atoms with Crippen LogP contribution >= 0.6 is 0 Å². The van der Waals surface area contributed by atoms with Crippen molar-refractivity contribution in [1.29, 1.82) is 0 Å². The molecule has 0 atom stereocenters. The number of hydrogen-bond donors (Lipinski definition) is 0. The highest BCUT2D eigenvalue weighted by atomic mass is 13.8. The molecule has 0 aliphatic heterocycles. The Hall–Kier alpha value is -1.04. The van der Waals surface area contributed by atoms with Crippen molar-refractivity contribution >= 4 is 0 Å². The lowest BCUT2D eigenvalue weighted by Crippen LogP contribution is -1.60. The lowest BCUT2D eigenvalue weighted by molar-refractivity contribution is 1.05. The summed E-state index contributed by atoms with van der Waals surface area (Å²) >= 11 is 0. The quantitative estimate of drug-likeness (QED) is 0.390. The van der Waals surface area contributed by atoms with Gasteiger partial charge in [0, 0.05) is 0 Å². The molecule has 0 heterocycles. The molecule has 0 radical (unpaired) electrons. The summed E-state index contributed by atoms with van der Waals surface area (Å²) < 4.78 is 0. The van der Waals surface area contributed by atoms with Crippen molar-refractivity contribution < 1.29 is 0 Å². The number of allylic oxidation sites excluding steroid dienone is 8. The normalized spacial score (nSPS) is 11.8. The van der Waals surface area contributed by atoms with Gasteiger partial charge in [-0.05, 0) is 53.4 Å². The van der Waals surface area contributed by atoms with Crippen LogP contribution in [0.3, 0.4) is 0 Å². The Bertz CT molecular complexity index is 156. The van der Waals surface area contributed by atoms with Crippen LogP contribution in [0.15, 0.2) is 48.6 Å². The van der Waals surface area contributed by atoms with E-state index >= 15 is 0 Å². The van der Waals surface area contributed by atoms with E-state index in [-0.39, 0.29) is 0 Å². The lowest BCUT2D eigenvalue weighted by atomic mass is 10.3. The third-order valence-corrected chi connectivity index (χ3v) is 1.94. The second-order valence-corrected chi connectivity index (χ2v) is 3.43. The third kappa shape index (κ3) is 23.1. The highest BCUT2D eigenvalue weighted by Crippen LogP contribution is 1.91. The molecular formula is C16H28. The van der Waals surface area contributed by atoms with Crippen molar-refractivity contribution in [3.63, 3.8) is 0 Å². The van der Waals surface area contributed by atoms with Crippen LogP contribution in [0, 0.1) is 0 Å². The van der Waals surface area contributed by atoms with Gasteiger partial charge in [0.15, 0.2) is 0 Å². The molecule has 0 aromatic rings. The van der Waals surface area contributed by atoms with E-state index in [1.807, 2.05) is 0 Å². The average molecular weight is 220 g/mol. The molecule has 0 saturated carbocycles. The number of rotatable bonds is 6. The minimum Gasteiger partial charge on any atom is -0.0917 e. The molecule has 0 saturated heterocycles. The summed E-state index contributed by atoms with van der Waals surface area (Å²) in [6.45, 7) is 8.20. The minimum atomic E-state index is 1.18. The smallest absolute Gasteiger partial charge is 0.0316 e. The van der Waals surface area contributed by atoms with Gasteiger partial charge in [-0.15, -0.1) is 0 Å². The molecule has 0 aromatic heterocycles. The van der Waals surface area contributed by atoms with E-state index < -0.39 is 0 Å². The highest BCUT2D eigenvalue weighted by molar-refractivity contribution is 4.84. The van der Waals surface area contributed by atoms with Crippen molar-refractivity contribution in [3.05, 3.63) is 48.6 Å². The monoisotopic (exact) mass is 220 g/mol. The molecular weight excluding hydrogens is 192 g/mol. The Kier molecular flexibility index (Phi) is 21.2. The second kappa shape index (κ2) is 19.5. The van der Waals surface area contributed by atoms with E-state index in [0.717, 1.165) is 0 Å². The van der Waals surface area contributed by atoms with Crippen LogP contribution in [0.4, 0.5) is 0 Å². The van der Waals surface area contributed by atoms with Crippen LogP contribution in [0.25, 0.3) is 0 Å². The number of hydrogen-bond acceptors (Lipinski definition) is 0. The maximum atomic E-state index is 2.18. The van der Waals surface area contributed by atoms with Crippen LogP contribution in [-0.4, -0.2) is 0 Å². The summed E-state index contributed by atoms with van der Waals surface area (Å²) in [5.74, 6) is 0. The van der Waals surface area contributed by atoms with E-state index in [9.17, 15) is 0 Å². The molecule has 0 rings (SSSR count). The molecule has 0 bridgehead atoms. The van der Waals surface area contributed by atoms with Gasteiger partial charge in [-0.3, -0.25) is 0 Å². The predicted molar refractivity (Wildman–Crippen MR) is 77.7 cm³/mol. The van der Waals surface area contributed by atoms with E-state index in [0.29, 0.717) is 0 Å². The van der Waals surface area contributed by atoms with E-state index in [1.165, 1.54) is 25.7 Å². The summed E-state index contributed by atoms with van der Waals surface area (Å²) in [5.41, 5.74) is 0. The van der Waals surface area contributed by atoms with Crippen molar-refractivity contribution in [1.82, 2.24) is 0 Å². The molecule has 0 aliphatic carbocycles. The molecule has 16 heavy (non-hydrogen) atoms. The maximum Gasteiger partial charge on any atom is -0.0316 e. The number of unbranched alkanes of at least 4 members (excludes halogenated alkanes) is 2. The van der Waals surface area contributed by atoms with Crippen LogP contribution in [0.2, 0.25) is 0 Å². The largest absolute Gasteiger partial charge is 0.0917 e. The van der Waals surface area contributed by atoms with Crippen LogP contribution in [0.1, 0.15) is 53.4 Å². The van der Waals surface area contributed by atoms with Gasteiger partial charge in [-0.1, -0.05) is 48.6 Å². The molecule has 0 nitrogen and oxygen atoms in total. The molecule has 0 aromatic carbocycles. The van der Waals surface area contributed by atoms with Crippen molar-refractivity contribution in [2.75, 3.05) is 0 Å². The summed E-state index contributed by atoms with van der Waals surface area (Å²) in [4.78, 5) is 0. The second-order valence-electron chi connectivity index (χ2n) is 3.43. The van der Waals surface area contributed by atoms with Gasteiger partial charge in [-0.2, -0.15) is 0 Å². The van der Waals surface area contributed by atoms with Gasteiger partial charge in [0.1, 0.15) is 0 Å². The highest BCUT2D eigenvalue weighted by Gasteiger charge is 1.71. The topological polar surface area (TPSA) is 0 Å². The third-order valence-electron chi connectivity index (χ3n) is 1.94. The first-order chi connectivity index (χ1) is 7.83. The maximum absolute atomic E-state index is 2.18. The standard InChI is InChI=1S/2C8H14/c2*1-3-5-7-8-6-4-2/h2*3-6H,7-8H2,1-2H3/b5-3-,6-4+;5-3-,6-4-. The van der Waals surface area contributed by atoms with Crippen LogP contribution in [0.5, 0.6) is 0 Å². The fraction of sp³-hybridized carbons (Fsp3) is 0.500. The summed E-state index contributed by atoms with van der Waals surface area (Å²) in [5, 5.41) is 0. The Morgan fingerprint density at radius 1 is 0.438 bits per heavy atom. The predicted octanol–water partition coefficient (Wildman–Crippen LogP) is 5.84. The van der Waals surface area contributed by atoms with Gasteiger partial charge in [0.05, 0.1) is 0 Å². The Morgan fingerprint density at radius 2 is 0.625 bits per heavy atom. The van der Waals surface area contributed by atoms with Crippen LogP contribution in [-0.2, 0) is 0 Å². The van der Waals surface area contributed by atoms with E-state index in [1.54, 1.807) is 0 Å². The first-order valence-corrected chi connectivity index (χ1v) is 6.28. The van der Waals surface area contributed by atoms with Crippen molar-refractivity contribution in [2.45, 2.75) is 53.4 Å². The zero-order chi connectivity index (χ0) is 12.5. The van der Waals surface area contributed by atoms with Crippen molar-refractivity contribution in [2.24, 2.45) is 0 Å². The molecule has 0 amide bonds. The first kappa shape index (κ1) is 17.4. The van der Waals surface area contributed by atoms with E-state index in [2.05, 4.69) is 76.3 Å². The fourth-order valence-electron chi connectivity index (χ4n) is 1.05. The molecule has 0 fully saturated rings. The Balaban J connectivity index is 0. The molecule has 0 N–H and O–H groups in total. The fourth-order valence-corrected chi connectivity index (χ4v) is 1.05. The molecule has 0 spiro atoms. The van der Waals surface area contributed by atoms with Crippen LogP contribution < -0.4 is 0 Å². The average Bonchev–Trinajstić information content (AvgIpc) is 2.31. The van der Waals surface area contributed by atoms with E-state index in [4.69, 9.17) is 0 Å². The molecule has 0 aliphatic rings. The van der Waals surface area contributed by atoms with Gasteiger partial charge >= 0.3 is 0 Å². The summed E-state index contributed by atoms with van der Waals surface area (Å²) in [7, 11) is 0. The zero-order valence-corrected chi connectivity index (χ0v) is 11.4.